The summed E-state index contributed by atoms with van der Waals surface area (Å²) < 4.78 is 0. The molecule has 0 aliphatic rings. The number of carboxylic acids is 4. The highest BCUT2D eigenvalue weighted by Gasteiger charge is 1.83. The van der Waals surface area contributed by atoms with Crippen LogP contribution in [0.25, 0.3) is 0 Å². The molecule has 0 bridgehead atoms. The van der Waals surface area contributed by atoms with Gasteiger partial charge in [-0.05, 0) is 0 Å². The molecule has 0 rings (SSSR count). The summed E-state index contributed by atoms with van der Waals surface area (Å²) in [5.74, 6) is -3.93. The second-order valence-electron chi connectivity index (χ2n) is 4.58. The average molecular weight is 402 g/mol. The maximum Gasteiger partial charge on any atom is 0.327 e. The number of unbranched alkanes of at least 4 members (excludes halogenated alkanes) is 5. The minimum Gasteiger partial charge on any atom is -0.478 e. The monoisotopic (exact) mass is 402 g/mol. The highest BCUT2D eigenvalue weighted by Crippen LogP contribution is 2.03. The Balaban J connectivity index is -0.0000000802. The molecule has 0 amide bonds. The zero-order valence-corrected chi connectivity index (χ0v) is 16.8. The highest BCUT2D eigenvalue weighted by molar-refractivity contribution is 5.79. The van der Waals surface area contributed by atoms with Gasteiger partial charge >= 0.3 is 23.9 Å². The van der Waals surface area contributed by atoms with Crippen LogP contribution in [0.1, 0.15) is 52.4 Å². The Kier molecular flexibility index (Phi) is 44.9. The number of carboxylic acid groups (broad SMARTS) is 4. The van der Waals surface area contributed by atoms with Crippen LogP contribution in [-0.4, -0.2) is 44.3 Å². The van der Waals surface area contributed by atoms with E-state index in [2.05, 4.69) is 40.2 Å². The summed E-state index contributed by atoms with van der Waals surface area (Å²) in [6.45, 7) is 16.4. The van der Waals surface area contributed by atoms with Gasteiger partial charge in [0.05, 0.1) is 0 Å². The predicted molar refractivity (Wildman–Crippen MR) is 110 cm³/mol. The molecular formula is C20H34O8. The molecule has 0 fully saturated rings. The van der Waals surface area contributed by atoms with Crippen LogP contribution in [0, 0.1) is 0 Å². The SMILES string of the molecule is C=CC(=O)O.C=CC(=O)O.C=CC(=O)O.C=CC(=O)O.CCCCCCCC. The van der Waals surface area contributed by atoms with Crippen molar-refractivity contribution in [1.29, 1.82) is 0 Å². The average Bonchev–Trinajstić information content (AvgIpc) is 2.67. The van der Waals surface area contributed by atoms with Crippen LogP contribution in [0.5, 0.6) is 0 Å². The zero-order chi connectivity index (χ0) is 23.4. The number of aliphatic carboxylic acids is 4. The van der Waals surface area contributed by atoms with E-state index in [1.165, 1.54) is 38.5 Å². The minimum atomic E-state index is -0.981. The summed E-state index contributed by atoms with van der Waals surface area (Å²) in [6.07, 6.45) is 11.8. The van der Waals surface area contributed by atoms with Crippen molar-refractivity contribution in [2.75, 3.05) is 0 Å². The molecule has 4 N–H and O–H groups in total. The quantitative estimate of drug-likeness (QED) is 0.327. The van der Waals surface area contributed by atoms with E-state index in [1.807, 2.05) is 0 Å². The van der Waals surface area contributed by atoms with Crippen molar-refractivity contribution in [1.82, 2.24) is 0 Å². The first-order valence-corrected chi connectivity index (χ1v) is 8.41. The molecule has 162 valence electrons. The summed E-state index contributed by atoms with van der Waals surface area (Å²) in [4.78, 5) is 37.0. The van der Waals surface area contributed by atoms with Crippen LogP contribution in [0.2, 0.25) is 0 Å². The third-order valence-corrected chi connectivity index (χ3v) is 2.16. The molecule has 0 aliphatic heterocycles. The van der Waals surface area contributed by atoms with Crippen LogP contribution in [-0.2, 0) is 19.2 Å². The smallest absolute Gasteiger partial charge is 0.327 e. The molecule has 0 aromatic rings. The molecule has 0 unspecified atom stereocenters. The van der Waals surface area contributed by atoms with E-state index in [-0.39, 0.29) is 0 Å². The number of hydrogen-bond acceptors (Lipinski definition) is 4. The number of hydrogen-bond donors (Lipinski definition) is 4. The van der Waals surface area contributed by atoms with Gasteiger partial charge in [-0.3, -0.25) is 0 Å². The Morgan fingerprint density at radius 1 is 0.536 bits per heavy atom. The van der Waals surface area contributed by atoms with Gasteiger partial charge in [-0.1, -0.05) is 78.7 Å². The Bertz CT molecular complexity index is 375. The first-order chi connectivity index (χ1) is 13.0. The molecule has 0 heterocycles. The normalized spacial score (nSPS) is 7.36. The molecule has 0 radical (unpaired) electrons. The molecule has 0 atom stereocenters. The summed E-state index contributed by atoms with van der Waals surface area (Å²) in [7, 11) is 0. The fourth-order valence-corrected chi connectivity index (χ4v) is 0.854. The molecule has 8 nitrogen and oxygen atoms in total. The number of rotatable bonds is 9. The standard InChI is InChI=1S/C8H18.4C3H4O2/c1-3-5-7-8-6-4-2;4*1-2-3(4)5/h3-8H2,1-2H3;4*2H,1H2,(H,4,5). The van der Waals surface area contributed by atoms with Crippen molar-refractivity contribution in [3.8, 4) is 0 Å². The van der Waals surface area contributed by atoms with Gasteiger partial charge in [0.25, 0.3) is 0 Å². The van der Waals surface area contributed by atoms with E-state index in [4.69, 9.17) is 20.4 Å². The first kappa shape index (κ1) is 35.9. The van der Waals surface area contributed by atoms with E-state index in [0.29, 0.717) is 0 Å². The molecule has 0 aromatic carbocycles. The lowest BCUT2D eigenvalue weighted by atomic mass is 10.1. The van der Waals surface area contributed by atoms with E-state index >= 15 is 0 Å². The fraction of sp³-hybridized carbons (Fsp3) is 0.400. The van der Waals surface area contributed by atoms with Crippen LogP contribution in [0.3, 0.4) is 0 Å². The van der Waals surface area contributed by atoms with Gasteiger partial charge in [-0.15, -0.1) is 0 Å². The highest BCUT2D eigenvalue weighted by atomic mass is 16.4. The second kappa shape index (κ2) is 35.0. The summed E-state index contributed by atoms with van der Waals surface area (Å²) in [5, 5.41) is 30.4. The third kappa shape index (κ3) is 113. The van der Waals surface area contributed by atoms with Crippen LogP contribution in [0.15, 0.2) is 50.6 Å². The fourth-order valence-electron chi connectivity index (χ4n) is 0.854. The van der Waals surface area contributed by atoms with E-state index < -0.39 is 23.9 Å². The molecule has 0 saturated carbocycles. The molecule has 0 saturated heterocycles. The summed E-state index contributed by atoms with van der Waals surface area (Å²) >= 11 is 0. The van der Waals surface area contributed by atoms with E-state index in [9.17, 15) is 19.2 Å². The maximum absolute atomic E-state index is 9.25. The van der Waals surface area contributed by atoms with Gasteiger partial charge in [-0.25, -0.2) is 19.2 Å². The van der Waals surface area contributed by atoms with Gasteiger partial charge in [-0.2, -0.15) is 0 Å². The lowest BCUT2D eigenvalue weighted by Gasteiger charge is -1.93. The molecule has 8 heteroatoms. The minimum absolute atomic E-state index is 0.833. The lowest BCUT2D eigenvalue weighted by Crippen LogP contribution is -1.82. The maximum atomic E-state index is 9.25. The third-order valence-electron chi connectivity index (χ3n) is 2.16. The Morgan fingerprint density at radius 3 is 0.750 bits per heavy atom. The van der Waals surface area contributed by atoms with Gasteiger partial charge < -0.3 is 20.4 Å². The molecule has 28 heavy (non-hydrogen) atoms. The van der Waals surface area contributed by atoms with E-state index in [0.717, 1.165) is 24.3 Å². The number of carbonyl (C=O) groups is 4. The Labute approximate surface area is 167 Å². The van der Waals surface area contributed by atoms with Crippen LogP contribution >= 0.6 is 0 Å². The summed E-state index contributed by atoms with van der Waals surface area (Å²) in [6, 6.07) is 0. The van der Waals surface area contributed by atoms with Crippen molar-refractivity contribution in [3.05, 3.63) is 50.6 Å². The van der Waals surface area contributed by atoms with Gasteiger partial charge in [0.2, 0.25) is 0 Å². The van der Waals surface area contributed by atoms with Crippen molar-refractivity contribution < 1.29 is 39.6 Å². The van der Waals surface area contributed by atoms with Gasteiger partial charge in [0, 0.05) is 24.3 Å². The van der Waals surface area contributed by atoms with Crippen LogP contribution < -0.4 is 0 Å². The Hall–Kier alpha value is -3.16. The van der Waals surface area contributed by atoms with Crippen molar-refractivity contribution in [2.45, 2.75) is 52.4 Å². The van der Waals surface area contributed by atoms with Crippen LogP contribution in [0.4, 0.5) is 0 Å². The van der Waals surface area contributed by atoms with E-state index in [1.54, 1.807) is 0 Å². The largest absolute Gasteiger partial charge is 0.478 e. The molecule has 0 aliphatic carbocycles. The first-order valence-electron chi connectivity index (χ1n) is 8.41. The molecule has 0 aromatic heterocycles. The lowest BCUT2D eigenvalue weighted by molar-refractivity contribution is -0.132. The van der Waals surface area contributed by atoms with Crippen molar-refractivity contribution >= 4 is 23.9 Å². The second-order valence-corrected chi connectivity index (χ2v) is 4.58. The predicted octanol–water partition coefficient (Wildman–Crippen LogP) is 4.39. The van der Waals surface area contributed by atoms with Gasteiger partial charge in [0.15, 0.2) is 0 Å². The van der Waals surface area contributed by atoms with Crippen molar-refractivity contribution in [2.24, 2.45) is 0 Å². The molecule has 0 spiro atoms. The zero-order valence-electron chi connectivity index (χ0n) is 16.8. The van der Waals surface area contributed by atoms with Gasteiger partial charge in [0.1, 0.15) is 0 Å². The summed E-state index contributed by atoms with van der Waals surface area (Å²) in [5.41, 5.74) is 0. The topological polar surface area (TPSA) is 149 Å². The van der Waals surface area contributed by atoms with Crippen molar-refractivity contribution in [3.63, 3.8) is 0 Å². The Morgan fingerprint density at radius 2 is 0.679 bits per heavy atom. The molecular weight excluding hydrogens is 368 g/mol.